The summed E-state index contributed by atoms with van der Waals surface area (Å²) >= 11 is 0. The molecule has 4 aromatic rings. The van der Waals surface area contributed by atoms with Gasteiger partial charge in [0.1, 0.15) is 24.2 Å². The monoisotopic (exact) mass is 485 g/mol. The highest BCUT2D eigenvalue weighted by Gasteiger charge is 2.26. The van der Waals surface area contributed by atoms with Crippen molar-refractivity contribution in [2.45, 2.75) is 25.0 Å². The average molecular weight is 486 g/mol. The van der Waals surface area contributed by atoms with Crippen LogP contribution >= 0.6 is 0 Å². The van der Waals surface area contributed by atoms with E-state index < -0.39 is 0 Å². The van der Waals surface area contributed by atoms with Crippen molar-refractivity contribution in [2.75, 3.05) is 39.5 Å². The van der Waals surface area contributed by atoms with Gasteiger partial charge in [-0.25, -0.2) is 0 Å². The second kappa shape index (κ2) is 10.3. The Morgan fingerprint density at radius 1 is 0.917 bits per heavy atom. The van der Waals surface area contributed by atoms with E-state index in [0.29, 0.717) is 6.61 Å². The van der Waals surface area contributed by atoms with E-state index in [9.17, 15) is 0 Å². The van der Waals surface area contributed by atoms with Crippen molar-refractivity contribution in [3.8, 4) is 22.9 Å². The second-order valence-electron chi connectivity index (χ2n) is 9.37. The maximum absolute atomic E-state index is 6.46. The number of ether oxygens (including phenoxy) is 3. The minimum absolute atomic E-state index is 0.0263. The van der Waals surface area contributed by atoms with Crippen LogP contribution in [0.5, 0.6) is 11.5 Å². The van der Waals surface area contributed by atoms with Crippen molar-refractivity contribution in [1.82, 2.24) is 19.5 Å². The van der Waals surface area contributed by atoms with Crippen LogP contribution < -0.4 is 15.2 Å². The third-order valence-electron chi connectivity index (χ3n) is 7.01. The zero-order valence-electron chi connectivity index (χ0n) is 20.3. The van der Waals surface area contributed by atoms with Gasteiger partial charge in [0.15, 0.2) is 11.5 Å². The smallest absolute Gasteiger partial charge is 0.168 e. The molecule has 1 fully saturated rings. The van der Waals surface area contributed by atoms with Crippen LogP contribution in [-0.2, 0) is 4.74 Å². The molecule has 0 radical (unpaired) electrons. The number of hydrogen-bond acceptors (Lipinski definition) is 7. The number of nitrogens with two attached hydrogens (primary N) is 1. The van der Waals surface area contributed by atoms with Crippen LogP contribution in [0, 0.1) is 0 Å². The molecule has 3 heterocycles. The molecule has 8 nitrogen and oxygen atoms in total. The van der Waals surface area contributed by atoms with Crippen molar-refractivity contribution >= 4 is 5.65 Å². The molecule has 0 amide bonds. The normalized spacial score (nSPS) is 20.2. The van der Waals surface area contributed by atoms with Crippen molar-refractivity contribution in [3.63, 3.8) is 0 Å². The van der Waals surface area contributed by atoms with Crippen LogP contribution in [-0.4, -0.2) is 59.0 Å². The summed E-state index contributed by atoms with van der Waals surface area (Å²) < 4.78 is 19.9. The van der Waals surface area contributed by atoms with Crippen LogP contribution in [0.3, 0.4) is 0 Å². The molecule has 1 aliphatic carbocycles. The van der Waals surface area contributed by atoms with Crippen LogP contribution in [0.15, 0.2) is 66.9 Å². The zero-order valence-corrected chi connectivity index (χ0v) is 20.3. The van der Waals surface area contributed by atoms with E-state index in [1.165, 1.54) is 11.1 Å². The highest BCUT2D eigenvalue weighted by molar-refractivity contribution is 5.61. The number of rotatable bonds is 7. The summed E-state index contributed by atoms with van der Waals surface area (Å²) in [4.78, 5) is 2.36. The molecule has 1 saturated heterocycles. The quantitative estimate of drug-likeness (QED) is 0.423. The molecule has 2 aromatic heterocycles. The van der Waals surface area contributed by atoms with E-state index >= 15 is 0 Å². The minimum Gasteiger partial charge on any atom is -0.492 e. The average Bonchev–Trinajstić information content (AvgIpc) is 3.35. The van der Waals surface area contributed by atoms with Gasteiger partial charge < -0.3 is 19.9 Å². The number of nitrogens with zero attached hydrogens (tertiary/aromatic N) is 4. The third kappa shape index (κ3) is 4.80. The Hall–Kier alpha value is -3.46. The molecule has 0 bridgehead atoms. The molecular weight excluding hydrogens is 454 g/mol. The van der Waals surface area contributed by atoms with Gasteiger partial charge in [-0.3, -0.25) is 9.30 Å². The standard InChI is InChI=1S/C28H31N5O3/c29-25-9-10-26(24-7-2-1-6-23(24)25)36-22-8-11-27-30-31-28(33(27)19-22)20-4-3-5-21(18-20)35-17-14-32-12-15-34-16-13-32/h1-8,11,18-19,25-26H,9-10,12-17,29H2/t25-,26+/m0/s1. The molecule has 6 rings (SSSR count). The fraction of sp³-hybridized carbons (Fsp3) is 0.357. The lowest BCUT2D eigenvalue weighted by atomic mass is 9.86. The molecule has 2 aliphatic rings. The van der Waals surface area contributed by atoms with Gasteiger partial charge in [0.05, 0.1) is 19.4 Å². The largest absolute Gasteiger partial charge is 0.492 e. The fourth-order valence-electron chi connectivity index (χ4n) is 5.05. The second-order valence-corrected chi connectivity index (χ2v) is 9.37. The van der Waals surface area contributed by atoms with E-state index in [1.54, 1.807) is 0 Å². The molecule has 36 heavy (non-hydrogen) atoms. The Bertz CT molecular complexity index is 1330. The van der Waals surface area contributed by atoms with Crippen LogP contribution in [0.25, 0.3) is 17.0 Å². The summed E-state index contributed by atoms with van der Waals surface area (Å²) in [5, 5.41) is 8.82. The lowest BCUT2D eigenvalue weighted by Crippen LogP contribution is -2.38. The highest BCUT2D eigenvalue weighted by atomic mass is 16.5. The van der Waals surface area contributed by atoms with Gasteiger partial charge in [0.25, 0.3) is 0 Å². The van der Waals surface area contributed by atoms with Gasteiger partial charge >= 0.3 is 0 Å². The van der Waals surface area contributed by atoms with E-state index in [2.05, 4.69) is 27.2 Å². The molecule has 8 heteroatoms. The molecule has 0 saturated carbocycles. The molecule has 1 aliphatic heterocycles. The van der Waals surface area contributed by atoms with Crippen molar-refractivity contribution in [2.24, 2.45) is 5.73 Å². The number of fused-ring (bicyclic) bond motifs is 2. The molecule has 186 valence electrons. The van der Waals surface area contributed by atoms with Gasteiger partial charge in [0.2, 0.25) is 0 Å². The van der Waals surface area contributed by atoms with Crippen LogP contribution in [0.1, 0.15) is 36.1 Å². The van der Waals surface area contributed by atoms with Gasteiger partial charge in [-0.15, -0.1) is 10.2 Å². The summed E-state index contributed by atoms with van der Waals surface area (Å²) in [7, 11) is 0. The number of hydrogen-bond donors (Lipinski definition) is 1. The van der Waals surface area contributed by atoms with E-state index in [0.717, 1.165) is 74.2 Å². The Morgan fingerprint density at radius 3 is 2.67 bits per heavy atom. The van der Waals surface area contributed by atoms with E-state index in [4.69, 9.17) is 19.9 Å². The Labute approximate surface area is 210 Å². The lowest BCUT2D eigenvalue weighted by Gasteiger charge is -2.30. The first-order valence-electron chi connectivity index (χ1n) is 12.6. The first kappa shape index (κ1) is 23.0. The first-order valence-corrected chi connectivity index (χ1v) is 12.6. The van der Waals surface area contributed by atoms with Crippen molar-refractivity contribution in [3.05, 3.63) is 78.0 Å². The maximum Gasteiger partial charge on any atom is 0.168 e. The van der Waals surface area contributed by atoms with Crippen molar-refractivity contribution < 1.29 is 14.2 Å². The number of benzene rings is 2. The molecule has 0 spiro atoms. The minimum atomic E-state index is -0.0263. The molecule has 2 N–H and O–H groups in total. The summed E-state index contributed by atoms with van der Waals surface area (Å²) in [6.07, 6.45) is 3.73. The Morgan fingerprint density at radius 2 is 1.78 bits per heavy atom. The third-order valence-corrected chi connectivity index (χ3v) is 7.01. The lowest BCUT2D eigenvalue weighted by molar-refractivity contribution is 0.0322. The summed E-state index contributed by atoms with van der Waals surface area (Å²) in [5.41, 5.74) is 10.4. The van der Waals surface area contributed by atoms with Gasteiger partial charge in [0, 0.05) is 31.2 Å². The van der Waals surface area contributed by atoms with E-state index in [-0.39, 0.29) is 12.1 Å². The van der Waals surface area contributed by atoms with Gasteiger partial charge in [-0.05, 0) is 48.2 Å². The molecule has 2 aromatic carbocycles. The predicted molar refractivity (Wildman–Crippen MR) is 137 cm³/mol. The topological polar surface area (TPSA) is 87.1 Å². The van der Waals surface area contributed by atoms with Crippen LogP contribution in [0.2, 0.25) is 0 Å². The summed E-state index contributed by atoms with van der Waals surface area (Å²) in [5.74, 6) is 2.34. The predicted octanol–water partition coefficient (Wildman–Crippen LogP) is 4.02. The number of pyridine rings is 1. The molecular formula is C28H31N5O3. The van der Waals surface area contributed by atoms with Gasteiger partial charge in [-0.2, -0.15) is 0 Å². The Balaban J connectivity index is 1.20. The Kier molecular flexibility index (Phi) is 6.55. The number of aromatic nitrogens is 3. The molecule has 2 atom stereocenters. The first-order chi connectivity index (χ1) is 17.7. The molecule has 0 unspecified atom stereocenters. The zero-order chi connectivity index (χ0) is 24.3. The summed E-state index contributed by atoms with van der Waals surface area (Å²) in [6.45, 7) is 5.02. The van der Waals surface area contributed by atoms with Gasteiger partial charge in [-0.1, -0.05) is 36.4 Å². The summed E-state index contributed by atoms with van der Waals surface area (Å²) in [6, 6.07) is 20.3. The highest BCUT2D eigenvalue weighted by Crippen LogP contribution is 2.37. The fourth-order valence-corrected chi connectivity index (χ4v) is 5.05. The van der Waals surface area contributed by atoms with Crippen LogP contribution in [0.4, 0.5) is 0 Å². The van der Waals surface area contributed by atoms with E-state index in [1.807, 2.05) is 59.1 Å². The maximum atomic E-state index is 6.46. The van der Waals surface area contributed by atoms with Crippen molar-refractivity contribution in [1.29, 1.82) is 0 Å². The SMILES string of the molecule is N[C@H]1CC[C@@H](Oc2ccc3nnc(-c4cccc(OCCN5CCOCC5)c4)n3c2)c2ccccc21. The number of morpholine rings is 1.